The van der Waals surface area contributed by atoms with Gasteiger partial charge in [-0.1, -0.05) is 0 Å². The first-order chi connectivity index (χ1) is 11.5. The number of ether oxygens (including phenoxy) is 1. The number of carbonyl (C=O) groups excluding carboxylic acids is 1. The van der Waals surface area contributed by atoms with Gasteiger partial charge in [0.2, 0.25) is 0 Å². The Morgan fingerprint density at radius 3 is 2.71 bits per heavy atom. The number of urea groups is 1. The number of nitrogens with one attached hydrogen (secondary N) is 2. The lowest BCUT2D eigenvalue weighted by atomic mass is 10.0. The Morgan fingerprint density at radius 1 is 1.25 bits per heavy atom. The molecule has 1 aliphatic rings. The third-order valence-electron chi connectivity index (χ3n) is 4.21. The number of hydrogen-bond acceptors (Lipinski definition) is 4. The SMILES string of the molecule is Cc1cc(C)c(NC(=O)N[C@@H]2CCO[C@H]2c2ccncc2)c(C)n1. The molecule has 126 valence electrons. The minimum atomic E-state index is -0.235. The molecule has 6 heteroatoms. The number of pyridine rings is 2. The maximum atomic E-state index is 12.4. The van der Waals surface area contributed by atoms with Crippen LogP contribution in [-0.4, -0.2) is 28.6 Å². The Labute approximate surface area is 141 Å². The summed E-state index contributed by atoms with van der Waals surface area (Å²) >= 11 is 0. The second-order valence-electron chi connectivity index (χ2n) is 6.11. The van der Waals surface area contributed by atoms with Crippen molar-refractivity contribution in [3.8, 4) is 0 Å². The fourth-order valence-electron chi connectivity index (χ4n) is 3.15. The standard InChI is InChI=1S/C18H22N4O2/c1-11-10-12(2)20-13(3)16(11)22-18(23)21-15-6-9-24-17(15)14-4-7-19-8-5-14/h4-5,7-8,10,15,17H,6,9H2,1-3H3,(H2,21,22,23)/t15-,17+/m1/s1. The molecule has 0 bridgehead atoms. The van der Waals surface area contributed by atoms with Crippen LogP contribution < -0.4 is 10.6 Å². The van der Waals surface area contributed by atoms with Crippen LogP contribution in [0.1, 0.15) is 35.0 Å². The van der Waals surface area contributed by atoms with Gasteiger partial charge >= 0.3 is 6.03 Å². The number of hydrogen-bond donors (Lipinski definition) is 2. The Kier molecular flexibility index (Phi) is 4.76. The number of rotatable bonds is 3. The van der Waals surface area contributed by atoms with Crippen LogP contribution in [0.5, 0.6) is 0 Å². The van der Waals surface area contributed by atoms with Crippen molar-refractivity contribution in [1.29, 1.82) is 0 Å². The van der Waals surface area contributed by atoms with Gasteiger partial charge in [-0.15, -0.1) is 0 Å². The highest BCUT2D eigenvalue weighted by atomic mass is 16.5. The first-order valence-electron chi connectivity index (χ1n) is 8.08. The molecule has 0 unspecified atom stereocenters. The number of nitrogens with zero attached hydrogens (tertiary/aromatic N) is 2. The Hall–Kier alpha value is -2.47. The van der Waals surface area contributed by atoms with Crippen LogP contribution in [0.25, 0.3) is 0 Å². The summed E-state index contributed by atoms with van der Waals surface area (Å²) in [6.07, 6.45) is 4.11. The average molecular weight is 326 g/mol. The fraction of sp³-hybridized carbons (Fsp3) is 0.389. The number of aromatic nitrogens is 2. The first-order valence-corrected chi connectivity index (χ1v) is 8.08. The number of anilines is 1. The van der Waals surface area contributed by atoms with E-state index in [4.69, 9.17) is 4.74 Å². The second kappa shape index (κ2) is 6.97. The molecular weight excluding hydrogens is 304 g/mol. The highest BCUT2D eigenvalue weighted by Gasteiger charge is 2.31. The summed E-state index contributed by atoms with van der Waals surface area (Å²) in [5.41, 5.74) is 4.55. The molecule has 24 heavy (non-hydrogen) atoms. The molecule has 0 saturated carbocycles. The lowest BCUT2D eigenvalue weighted by Gasteiger charge is -2.21. The smallest absolute Gasteiger partial charge is 0.319 e. The fourth-order valence-corrected chi connectivity index (χ4v) is 3.15. The third kappa shape index (κ3) is 3.54. The second-order valence-corrected chi connectivity index (χ2v) is 6.11. The maximum Gasteiger partial charge on any atom is 0.319 e. The summed E-state index contributed by atoms with van der Waals surface area (Å²) < 4.78 is 5.78. The molecular formula is C18H22N4O2. The van der Waals surface area contributed by atoms with Crippen LogP contribution in [0.15, 0.2) is 30.6 Å². The van der Waals surface area contributed by atoms with Gasteiger partial charge in [-0.3, -0.25) is 9.97 Å². The zero-order chi connectivity index (χ0) is 17.1. The third-order valence-corrected chi connectivity index (χ3v) is 4.21. The Bertz CT molecular complexity index is 710. The van der Waals surface area contributed by atoms with Crippen LogP contribution >= 0.6 is 0 Å². The van der Waals surface area contributed by atoms with Crippen molar-refractivity contribution < 1.29 is 9.53 Å². The molecule has 3 rings (SSSR count). The van der Waals surface area contributed by atoms with E-state index in [1.165, 1.54) is 0 Å². The van der Waals surface area contributed by atoms with Crippen molar-refractivity contribution in [3.05, 3.63) is 53.1 Å². The molecule has 0 spiro atoms. The molecule has 2 amide bonds. The van der Waals surface area contributed by atoms with E-state index in [0.29, 0.717) is 6.61 Å². The molecule has 0 aliphatic carbocycles. The van der Waals surface area contributed by atoms with E-state index in [0.717, 1.165) is 34.6 Å². The summed E-state index contributed by atoms with van der Waals surface area (Å²) in [7, 11) is 0. The topological polar surface area (TPSA) is 76.1 Å². The van der Waals surface area contributed by atoms with Crippen molar-refractivity contribution in [2.45, 2.75) is 39.3 Å². The summed E-state index contributed by atoms with van der Waals surface area (Å²) in [6, 6.07) is 5.50. The van der Waals surface area contributed by atoms with E-state index in [2.05, 4.69) is 20.6 Å². The van der Waals surface area contributed by atoms with Crippen molar-refractivity contribution in [2.75, 3.05) is 11.9 Å². The van der Waals surface area contributed by atoms with Crippen LogP contribution in [0.3, 0.4) is 0 Å². The molecule has 1 saturated heterocycles. The highest BCUT2D eigenvalue weighted by Crippen LogP contribution is 2.29. The van der Waals surface area contributed by atoms with E-state index < -0.39 is 0 Å². The molecule has 2 atom stereocenters. The van der Waals surface area contributed by atoms with E-state index in [-0.39, 0.29) is 18.2 Å². The zero-order valence-corrected chi connectivity index (χ0v) is 14.2. The first kappa shape index (κ1) is 16.4. The molecule has 2 aromatic heterocycles. The molecule has 0 radical (unpaired) electrons. The predicted octanol–water partition coefficient (Wildman–Crippen LogP) is 3.05. The predicted molar refractivity (Wildman–Crippen MR) is 91.9 cm³/mol. The van der Waals surface area contributed by atoms with Gasteiger partial charge in [0.15, 0.2) is 0 Å². The van der Waals surface area contributed by atoms with Gasteiger partial charge in [0, 0.05) is 24.7 Å². The Balaban J connectivity index is 1.69. The van der Waals surface area contributed by atoms with E-state index in [1.54, 1.807) is 12.4 Å². The largest absolute Gasteiger partial charge is 0.371 e. The van der Waals surface area contributed by atoms with Gasteiger partial charge in [-0.25, -0.2) is 4.79 Å². The van der Waals surface area contributed by atoms with E-state index >= 15 is 0 Å². The van der Waals surface area contributed by atoms with E-state index in [9.17, 15) is 4.79 Å². The minimum absolute atomic E-state index is 0.0635. The van der Waals surface area contributed by atoms with E-state index in [1.807, 2.05) is 39.0 Å². The summed E-state index contributed by atoms with van der Waals surface area (Å²) in [6.45, 7) is 6.44. The van der Waals surface area contributed by atoms with Gasteiger partial charge in [-0.05, 0) is 56.5 Å². The summed E-state index contributed by atoms with van der Waals surface area (Å²) in [5.74, 6) is 0. The van der Waals surface area contributed by atoms with Gasteiger partial charge in [0.05, 0.1) is 17.4 Å². The zero-order valence-electron chi connectivity index (χ0n) is 14.2. The molecule has 1 aliphatic heterocycles. The summed E-state index contributed by atoms with van der Waals surface area (Å²) in [5, 5.41) is 5.95. The van der Waals surface area contributed by atoms with Crippen molar-refractivity contribution >= 4 is 11.7 Å². The van der Waals surface area contributed by atoms with Gasteiger partial charge in [0.25, 0.3) is 0 Å². The molecule has 3 heterocycles. The lowest BCUT2D eigenvalue weighted by molar-refractivity contribution is 0.100. The lowest BCUT2D eigenvalue weighted by Crippen LogP contribution is -2.39. The van der Waals surface area contributed by atoms with Crippen LogP contribution in [0.4, 0.5) is 10.5 Å². The molecule has 1 fully saturated rings. The van der Waals surface area contributed by atoms with Crippen LogP contribution in [-0.2, 0) is 4.74 Å². The minimum Gasteiger partial charge on any atom is -0.371 e. The maximum absolute atomic E-state index is 12.4. The van der Waals surface area contributed by atoms with Gasteiger partial charge in [0.1, 0.15) is 6.10 Å². The van der Waals surface area contributed by atoms with Gasteiger partial charge < -0.3 is 15.4 Å². The Morgan fingerprint density at radius 2 is 2.00 bits per heavy atom. The van der Waals surface area contributed by atoms with Crippen LogP contribution in [0.2, 0.25) is 0 Å². The number of amides is 2. The number of carbonyl (C=O) groups is 1. The quantitative estimate of drug-likeness (QED) is 0.909. The average Bonchev–Trinajstić information content (AvgIpc) is 3.00. The van der Waals surface area contributed by atoms with Crippen LogP contribution in [0, 0.1) is 20.8 Å². The van der Waals surface area contributed by atoms with Crippen molar-refractivity contribution in [3.63, 3.8) is 0 Å². The normalized spacial score (nSPS) is 20.0. The molecule has 0 aromatic carbocycles. The highest BCUT2D eigenvalue weighted by molar-refractivity contribution is 5.91. The van der Waals surface area contributed by atoms with Gasteiger partial charge in [-0.2, -0.15) is 0 Å². The van der Waals surface area contributed by atoms with Crippen molar-refractivity contribution in [1.82, 2.24) is 15.3 Å². The summed E-state index contributed by atoms with van der Waals surface area (Å²) in [4.78, 5) is 20.8. The molecule has 6 nitrogen and oxygen atoms in total. The number of aryl methyl sites for hydroxylation is 3. The molecule has 2 aromatic rings. The van der Waals surface area contributed by atoms with Crippen molar-refractivity contribution in [2.24, 2.45) is 0 Å². The monoisotopic (exact) mass is 326 g/mol. The molecule has 2 N–H and O–H groups in total.